The minimum absolute atomic E-state index is 0.0193. The van der Waals surface area contributed by atoms with Gasteiger partial charge in [0, 0.05) is 13.5 Å². The first-order chi connectivity index (χ1) is 14.4. The average molecular weight is 415 g/mol. The molecule has 2 aromatic carbocycles. The summed E-state index contributed by atoms with van der Waals surface area (Å²) in [6.07, 6.45) is 2.11. The Bertz CT molecular complexity index is 901. The third-order valence-corrected chi connectivity index (χ3v) is 5.63. The molecular weight excluding hydrogens is 386 g/mol. The van der Waals surface area contributed by atoms with Crippen LogP contribution >= 0.6 is 0 Å². The summed E-state index contributed by atoms with van der Waals surface area (Å²) in [6.45, 7) is 2.22. The molecule has 0 saturated carbocycles. The topological polar surface area (TPSA) is 77.5 Å². The van der Waals surface area contributed by atoms with Gasteiger partial charge in [0.2, 0.25) is 11.7 Å². The van der Waals surface area contributed by atoms with Gasteiger partial charge in [0.05, 0.1) is 34.5 Å². The molecule has 3 rings (SSSR count). The Morgan fingerprint density at radius 2 is 1.63 bits per heavy atom. The van der Waals surface area contributed by atoms with Crippen LogP contribution in [0.2, 0.25) is 0 Å². The molecule has 30 heavy (non-hydrogen) atoms. The average Bonchev–Trinajstić information content (AvgIpc) is 2.75. The van der Waals surface area contributed by atoms with Gasteiger partial charge in [0.1, 0.15) is 0 Å². The van der Waals surface area contributed by atoms with E-state index in [0.717, 1.165) is 23.1 Å². The molecule has 0 bridgehead atoms. The van der Waals surface area contributed by atoms with Gasteiger partial charge in [-0.15, -0.1) is 0 Å². The van der Waals surface area contributed by atoms with E-state index in [4.69, 9.17) is 18.9 Å². The standard InChI is InChI=1S/C23H29NO6/c1-14(25)24-9-8-16-12-20(27-2)19(26)13-17(16)18(24)7-6-15-10-21(28-3)23(30-5)22(11-15)29-4/h10-13,18,26H,6-9H2,1-5H3/t18-/m0/s1. The number of hydrogen-bond acceptors (Lipinski definition) is 6. The normalized spacial score (nSPS) is 15.4. The van der Waals surface area contributed by atoms with Gasteiger partial charge in [0.15, 0.2) is 23.0 Å². The molecule has 1 amide bonds. The number of hydrogen-bond donors (Lipinski definition) is 1. The van der Waals surface area contributed by atoms with Gasteiger partial charge < -0.3 is 29.0 Å². The van der Waals surface area contributed by atoms with E-state index < -0.39 is 0 Å². The van der Waals surface area contributed by atoms with Crippen LogP contribution in [0, 0.1) is 0 Å². The number of carbonyl (C=O) groups excluding carboxylic acids is 1. The monoisotopic (exact) mass is 415 g/mol. The van der Waals surface area contributed by atoms with Gasteiger partial charge in [-0.25, -0.2) is 0 Å². The van der Waals surface area contributed by atoms with Crippen molar-refractivity contribution in [1.82, 2.24) is 4.90 Å². The lowest BCUT2D eigenvalue weighted by Gasteiger charge is -2.37. The van der Waals surface area contributed by atoms with Crippen molar-refractivity contribution in [2.75, 3.05) is 35.0 Å². The van der Waals surface area contributed by atoms with Crippen molar-refractivity contribution in [3.8, 4) is 28.7 Å². The first-order valence-corrected chi connectivity index (χ1v) is 9.89. The summed E-state index contributed by atoms with van der Waals surface area (Å²) in [5.74, 6) is 2.30. The van der Waals surface area contributed by atoms with Crippen molar-refractivity contribution >= 4 is 5.91 Å². The van der Waals surface area contributed by atoms with Crippen molar-refractivity contribution in [2.45, 2.75) is 32.2 Å². The molecule has 1 heterocycles. The number of aromatic hydroxyl groups is 1. The van der Waals surface area contributed by atoms with Gasteiger partial charge in [0.25, 0.3) is 0 Å². The number of ether oxygens (including phenoxy) is 4. The van der Waals surface area contributed by atoms with Crippen LogP contribution in [0.4, 0.5) is 0 Å². The Hall–Kier alpha value is -3.09. The predicted octanol–water partition coefficient (Wildman–Crippen LogP) is 3.51. The molecule has 162 valence electrons. The first-order valence-electron chi connectivity index (χ1n) is 9.89. The van der Waals surface area contributed by atoms with Gasteiger partial charge in [-0.05, 0) is 60.2 Å². The molecular formula is C23H29NO6. The van der Waals surface area contributed by atoms with Gasteiger partial charge >= 0.3 is 0 Å². The summed E-state index contributed by atoms with van der Waals surface area (Å²) >= 11 is 0. The van der Waals surface area contributed by atoms with E-state index in [1.165, 1.54) is 7.11 Å². The maximum absolute atomic E-state index is 12.3. The van der Waals surface area contributed by atoms with Crippen LogP contribution < -0.4 is 18.9 Å². The zero-order valence-electron chi connectivity index (χ0n) is 18.2. The maximum Gasteiger partial charge on any atom is 0.219 e. The minimum Gasteiger partial charge on any atom is -0.504 e. The quantitative estimate of drug-likeness (QED) is 0.746. The van der Waals surface area contributed by atoms with Crippen molar-refractivity contribution < 1.29 is 28.8 Å². The van der Waals surface area contributed by atoms with Crippen LogP contribution in [0.15, 0.2) is 24.3 Å². The number of nitrogens with zero attached hydrogens (tertiary/aromatic N) is 1. The second-order valence-corrected chi connectivity index (χ2v) is 7.27. The molecule has 7 nitrogen and oxygen atoms in total. The fourth-order valence-electron chi connectivity index (χ4n) is 4.15. The maximum atomic E-state index is 12.3. The van der Waals surface area contributed by atoms with Crippen LogP contribution in [0.3, 0.4) is 0 Å². The Morgan fingerprint density at radius 3 is 2.17 bits per heavy atom. The van der Waals surface area contributed by atoms with Crippen LogP contribution in [-0.2, 0) is 17.6 Å². The second-order valence-electron chi connectivity index (χ2n) is 7.27. The molecule has 0 unspecified atom stereocenters. The van der Waals surface area contributed by atoms with Crippen LogP contribution in [0.25, 0.3) is 0 Å². The van der Waals surface area contributed by atoms with Gasteiger partial charge in [-0.2, -0.15) is 0 Å². The van der Waals surface area contributed by atoms with E-state index in [1.807, 2.05) is 23.1 Å². The zero-order chi connectivity index (χ0) is 21.8. The summed E-state index contributed by atoms with van der Waals surface area (Å²) in [4.78, 5) is 14.2. The Labute approximate surface area is 177 Å². The molecule has 0 aromatic heterocycles. The fourth-order valence-corrected chi connectivity index (χ4v) is 4.15. The smallest absolute Gasteiger partial charge is 0.219 e. The lowest BCUT2D eigenvalue weighted by atomic mass is 9.88. The first kappa shape index (κ1) is 21.6. The summed E-state index contributed by atoms with van der Waals surface area (Å²) in [5, 5.41) is 10.3. The molecule has 0 aliphatic carbocycles. The number of phenols is 1. The lowest BCUT2D eigenvalue weighted by molar-refractivity contribution is -0.131. The molecule has 0 fully saturated rings. The zero-order valence-corrected chi connectivity index (χ0v) is 18.2. The molecule has 0 saturated heterocycles. The summed E-state index contributed by atoms with van der Waals surface area (Å²) < 4.78 is 21.6. The van der Waals surface area contributed by atoms with E-state index in [9.17, 15) is 9.90 Å². The van der Waals surface area contributed by atoms with E-state index in [0.29, 0.717) is 42.4 Å². The molecule has 1 atom stereocenters. The van der Waals surface area contributed by atoms with E-state index in [-0.39, 0.29) is 17.7 Å². The van der Waals surface area contributed by atoms with Crippen molar-refractivity contribution in [3.05, 3.63) is 41.0 Å². The number of methoxy groups -OCH3 is 4. The Kier molecular flexibility index (Phi) is 6.59. The SMILES string of the molecule is COc1cc2c(cc1O)[C@H](CCc1cc(OC)c(OC)c(OC)c1)N(C(C)=O)CC2. The highest BCUT2D eigenvalue weighted by molar-refractivity contribution is 5.74. The van der Waals surface area contributed by atoms with Crippen LogP contribution in [-0.4, -0.2) is 50.9 Å². The number of rotatable bonds is 7. The second kappa shape index (κ2) is 9.15. The van der Waals surface area contributed by atoms with Gasteiger partial charge in [-0.3, -0.25) is 4.79 Å². The van der Waals surface area contributed by atoms with Crippen molar-refractivity contribution in [2.24, 2.45) is 0 Å². The molecule has 1 N–H and O–H groups in total. The molecule has 0 spiro atoms. The van der Waals surface area contributed by atoms with E-state index in [1.54, 1.807) is 34.3 Å². The number of benzene rings is 2. The highest BCUT2D eigenvalue weighted by Crippen LogP contribution is 2.41. The van der Waals surface area contributed by atoms with Gasteiger partial charge in [-0.1, -0.05) is 0 Å². The number of phenolic OH excluding ortho intramolecular Hbond substituents is 1. The predicted molar refractivity (Wildman–Crippen MR) is 113 cm³/mol. The fraction of sp³-hybridized carbons (Fsp3) is 0.435. The summed E-state index contributed by atoms with van der Waals surface area (Å²) in [7, 11) is 6.29. The van der Waals surface area contributed by atoms with E-state index in [2.05, 4.69) is 0 Å². The number of carbonyl (C=O) groups is 1. The third-order valence-electron chi connectivity index (χ3n) is 5.63. The largest absolute Gasteiger partial charge is 0.504 e. The number of aryl methyl sites for hydroxylation is 1. The highest BCUT2D eigenvalue weighted by Gasteiger charge is 2.30. The van der Waals surface area contributed by atoms with Crippen LogP contribution in [0.1, 0.15) is 36.1 Å². The Balaban J connectivity index is 1.93. The summed E-state index contributed by atoms with van der Waals surface area (Å²) in [5.41, 5.74) is 3.07. The third kappa shape index (κ3) is 4.10. The molecule has 7 heteroatoms. The molecule has 2 aromatic rings. The lowest BCUT2D eigenvalue weighted by Crippen LogP contribution is -2.39. The van der Waals surface area contributed by atoms with E-state index >= 15 is 0 Å². The number of fused-ring (bicyclic) bond motifs is 1. The molecule has 1 aliphatic heterocycles. The molecule has 1 aliphatic rings. The number of amides is 1. The Morgan fingerprint density at radius 1 is 1.00 bits per heavy atom. The van der Waals surface area contributed by atoms with Crippen molar-refractivity contribution in [3.63, 3.8) is 0 Å². The molecule has 0 radical (unpaired) electrons. The van der Waals surface area contributed by atoms with Crippen molar-refractivity contribution in [1.29, 1.82) is 0 Å². The highest BCUT2D eigenvalue weighted by atomic mass is 16.5. The van der Waals surface area contributed by atoms with Crippen LogP contribution in [0.5, 0.6) is 28.7 Å². The summed E-state index contributed by atoms with van der Waals surface area (Å²) in [6, 6.07) is 7.31. The minimum atomic E-state index is -0.137.